The van der Waals surface area contributed by atoms with Gasteiger partial charge in [0.2, 0.25) is 0 Å². The molecule has 0 amide bonds. The van der Waals surface area contributed by atoms with Crippen molar-refractivity contribution in [1.29, 1.82) is 0 Å². The van der Waals surface area contributed by atoms with Crippen LogP contribution in [0.4, 0.5) is 4.39 Å². The zero-order chi connectivity index (χ0) is 12.8. The number of benzene rings is 1. The number of rotatable bonds is 1. The molecule has 2 rings (SSSR count). The highest BCUT2D eigenvalue weighted by atomic mass is 35.5. The van der Waals surface area contributed by atoms with E-state index in [-0.39, 0.29) is 5.82 Å². The van der Waals surface area contributed by atoms with E-state index in [9.17, 15) is 4.39 Å². The molecule has 0 aliphatic heterocycles. The first-order chi connectivity index (χ1) is 8.20. The molecule has 1 aromatic carbocycles. The normalized spacial score (nSPS) is 9.47. The highest BCUT2D eigenvalue weighted by Crippen LogP contribution is 2.29. The van der Waals surface area contributed by atoms with Crippen LogP contribution >= 0.6 is 11.6 Å². The Balaban J connectivity index is 0.000000686. The van der Waals surface area contributed by atoms with E-state index in [2.05, 4.69) is 4.98 Å². The molecule has 0 radical (unpaired) electrons. The number of hydrogen-bond donors (Lipinski definition) is 0. The van der Waals surface area contributed by atoms with Crippen LogP contribution < -0.4 is 0 Å². The van der Waals surface area contributed by atoms with Crippen LogP contribution in [0.15, 0.2) is 36.7 Å². The minimum atomic E-state index is -0.231. The van der Waals surface area contributed by atoms with Crippen molar-refractivity contribution < 1.29 is 4.39 Å². The Morgan fingerprint density at radius 3 is 2.47 bits per heavy atom. The Hall–Kier alpha value is -1.41. The van der Waals surface area contributed by atoms with E-state index in [1.165, 1.54) is 6.20 Å². The third kappa shape index (κ3) is 3.04. The van der Waals surface area contributed by atoms with Gasteiger partial charge in [-0.25, -0.2) is 4.39 Å². The van der Waals surface area contributed by atoms with Gasteiger partial charge in [0.15, 0.2) is 0 Å². The van der Waals surface area contributed by atoms with Crippen LogP contribution in [0.5, 0.6) is 0 Å². The van der Waals surface area contributed by atoms with Gasteiger partial charge in [-0.2, -0.15) is 0 Å². The Morgan fingerprint density at radius 1 is 1.12 bits per heavy atom. The minimum Gasteiger partial charge on any atom is -0.263 e. The lowest BCUT2D eigenvalue weighted by Crippen LogP contribution is -1.89. The first-order valence-electron chi connectivity index (χ1n) is 5.55. The van der Waals surface area contributed by atoms with Gasteiger partial charge in [0, 0.05) is 23.5 Å². The van der Waals surface area contributed by atoms with E-state index in [0.717, 1.165) is 0 Å². The van der Waals surface area contributed by atoms with Gasteiger partial charge in [-0.05, 0) is 18.6 Å². The molecular weight excluding hydrogens is 237 g/mol. The second kappa shape index (κ2) is 6.36. The Morgan fingerprint density at radius 2 is 1.82 bits per heavy atom. The van der Waals surface area contributed by atoms with Crippen molar-refractivity contribution in [2.24, 2.45) is 0 Å². The molecule has 0 aliphatic rings. The number of hydrogen-bond acceptors (Lipinski definition) is 1. The topological polar surface area (TPSA) is 12.9 Å². The first kappa shape index (κ1) is 13.7. The minimum absolute atomic E-state index is 0.231. The molecule has 0 unspecified atom stereocenters. The van der Waals surface area contributed by atoms with E-state index in [1.807, 2.05) is 19.9 Å². The zero-order valence-electron chi connectivity index (χ0n) is 10.2. The van der Waals surface area contributed by atoms with Crippen molar-refractivity contribution in [3.63, 3.8) is 0 Å². The third-order valence-corrected chi connectivity index (χ3v) is 2.56. The molecule has 90 valence electrons. The predicted molar refractivity (Wildman–Crippen MR) is 70.7 cm³/mol. The van der Waals surface area contributed by atoms with E-state index >= 15 is 0 Å². The summed E-state index contributed by atoms with van der Waals surface area (Å²) in [6.45, 7) is 5.73. The predicted octanol–water partition coefficient (Wildman–Crippen LogP) is 4.88. The summed E-state index contributed by atoms with van der Waals surface area (Å²) in [4.78, 5) is 3.87. The molecule has 1 nitrogen and oxygen atoms in total. The number of aryl methyl sites for hydroxylation is 1. The Labute approximate surface area is 106 Å². The highest BCUT2D eigenvalue weighted by Gasteiger charge is 2.09. The van der Waals surface area contributed by atoms with Gasteiger partial charge in [-0.1, -0.05) is 43.6 Å². The summed E-state index contributed by atoms with van der Waals surface area (Å²) >= 11 is 5.95. The SMILES string of the molecule is CC.Cc1cccc(-c2ccncc2Cl)c1F. The summed E-state index contributed by atoms with van der Waals surface area (Å²) in [7, 11) is 0. The summed E-state index contributed by atoms with van der Waals surface area (Å²) in [6.07, 6.45) is 3.11. The zero-order valence-corrected chi connectivity index (χ0v) is 10.9. The first-order valence-corrected chi connectivity index (χ1v) is 5.93. The van der Waals surface area contributed by atoms with Crippen LogP contribution in [0.2, 0.25) is 5.02 Å². The maximum Gasteiger partial charge on any atom is 0.133 e. The van der Waals surface area contributed by atoms with Crippen molar-refractivity contribution in [2.75, 3.05) is 0 Å². The van der Waals surface area contributed by atoms with Gasteiger partial charge in [0.25, 0.3) is 0 Å². The molecule has 3 heteroatoms. The van der Waals surface area contributed by atoms with Crippen molar-refractivity contribution in [2.45, 2.75) is 20.8 Å². The van der Waals surface area contributed by atoms with Gasteiger partial charge >= 0.3 is 0 Å². The molecule has 17 heavy (non-hydrogen) atoms. The van der Waals surface area contributed by atoms with Gasteiger partial charge in [0.1, 0.15) is 5.82 Å². The summed E-state index contributed by atoms with van der Waals surface area (Å²) in [5.41, 5.74) is 1.80. The molecule has 1 aromatic heterocycles. The lowest BCUT2D eigenvalue weighted by molar-refractivity contribution is 0.622. The molecule has 0 saturated heterocycles. The number of aromatic nitrogens is 1. The number of nitrogens with zero attached hydrogens (tertiary/aromatic N) is 1. The third-order valence-electron chi connectivity index (χ3n) is 2.25. The van der Waals surface area contributed by atoms with E-state index < -0.39 is 0 Å². The van der Waals surface area contributed by atoms with Crippen molar-refractivity contribution in [1.82, 2.24) is 4.98 Å². The molecule has 0 spiro atoms. The van der Waals surface area contributed by atoms with Gasteiger partial charge in [0.05, 0.1) is 5.02 Å². The van der Waals surface area contributed by atoms with Crippen molar-refractivity contribution in [3.8, 4) is 11.1 Å². The van der Waals surface area contributed by atoms with Crippen LogP contribution in [0.25, 0.3) is 11.1 Å². The van der Waals surface area contributed by atoms with Gasteiger partial charge < -0.3 is 0 Å². The monoisotopic (exact) mass is 251 g/mol. The highest BCUT2D eigenvalue weighted by molar-refractivity contribution is 6.33. The molecule has 0 saturated carbocycles. The molecular formula is C14H15ClFN. The average Bonchev–Trinajstić information content (AvgIpc) is 2.36. The number of halogens is 2. The van der Waals surface area contributed by atoms with E-state index in [0.29, 0.717) is 21.7 Å². The molecule has 0 bridgehead atoms. The van der Waals surface area contributed by atoms with Crippen LogP contribution in [0.1, 0.15) is 19.4 Å². The van der Waals surface area contributed by atoms with Crippen LogP contribution in [-0.2, 0) is 0 Å². The van der Waals surface area contributed by atoms with Crippen LogP contribution in [0.3, 0.4) is 0 Å². The van der Waals surface area contributed by atoms with E-state index in [1.54, 1.807) is 31.3 Å². The fourth-order valence-corrected chi connectivity index (χ4v) is 1.67. The molecule has 2 aromatic rings. The summed E-state index contributed by atoms with van der Waals surface area (Å²) in [5, 5.41) is 0.460. The lowest BCUT2D eigenvalue weighted by atomic mass is 10.0. The molecule has 0 atom stereocenters. The molecule has 1 heterocycles. The summed E-state index contributed by atoms with van der Waals surface area (Å²) in [5.74, 6) is -0.231. The van der Waals surface area contributed by atoms with Crippen LogP contribution in [0, 0.1) is 12.7 Å². The smallest absolute Gasteiger partial charge is 0.133 e. The Kier molecular flexibility index (Phi) is 5.11. The van der Waals surface area contributed by atoms with Gasteiger partial charge in [-0.3, -0.25) is 4.98 Å². The van der Waals surface area contributed by atoms with Gasteiger partial charge in [-0.15, -0.1) is 0 Å². The largest absolute Gasteiger partial charge is 0.263 e. The maximum atomic E-state index is 13.8. The summed E-state index contributed by atoms with van der Waals surface area (Å²) in [6, 6.07) is 6.96. The fourth-order valence-electron chi connectivity index (χ4n) is 1.45. The lowest BCUT2D eigenvalue weighted by Gasteiger charge is -2.06. The summed E-state index contributed by atoms with van der Waals surface area (Å²) < 4.78 is 13.8. The molecule has 0 aliphatic carbocycles. The maximum absolute atomic E-state index is 13.8. The molecule has 0 N–H and O–H groups in total. The quantitative estimate of drug-likeness (QED) is 0.704. The fraction of sp³-hybridized carbons (Fsp3) is 0.214. The number of pyridine rings is 1. The molecule has 0 fully saturated rings. The van der Waals surface area contributed by atoms with E-state index in [4.69, 9.17) is 11.6 Å². The second-order valence-corrected chi connectivity index (χ2v) is 3.70. The van der Waals surface area contributed by atoms with Crippen molar-refractivity contribution >= 4 is 11.6 Å². The standard InChI is InChI=1S/C12H9ClFN.C2H6/c1-8-3-2-4-10(12(8)14)9-5-6-15-7-11(9)13;1-2/h2-7H,1H3;1-2H3. The van der Waals surface area contributed by atoms with Crippen molar-refractivity contribution in [3.05, 3.63) is 53.1 Å². The Bertz CT molecular complexity index is 497. The second-order valence-electron chi connectivity index (χ2n) is 3.29. The average molecular weight is 252 g/mol. The van der Waals surface area contributed by atoms with Crippen LogP contribution in [-0.4, -0.2) is 4.98 Å².